The van der Waals surface area contributed by atoms with Crippen molar-refractivity contribution in [1.82, 2.24) is 29.2 Å². The van der Waals surface area contributed by atoms with E-state index in [0.29, 0.717) is 46.0 Å². The molecule has 2 aliphatic rings. The molecule has 0 atom stereocenters. The Labute approximate surface area is 201 Å². The molecule has 0 spiro atoms. The number of nitriles is 1. The normalized spacial score (nSPS) is 17.8. The van der Waals surface area contributed by atoms with Gasteiger partial charge in [0, 0.05) is 68.8 Å². The van der Waals surface area contributed by atoms with Crippen LogP contribution in [0.1, 0.15) is 25.0 Å². The number of pyridine rings is 1. The van der Waals surface area contributed by atoms with Crippen LogP contribution < -0.4 is 4.90 Å². The first kappa shape index (κ1) is 23.0. The van der Waals surface area contributed by atoms with Crippen LogP contribution in [0.3, 0.4) is 0 Å². The predicted octanol–water partition coefficient (Wildman–Crippen LogP) is 2.76. The monoisotopic (exact) mass is 480 g/mol. The van der Waals surface area contributed by atoms with Gasteiger partial charge in [0.15, 0.2) is 0 Å². The molecule has 0 aliphatic carbocycles. The van der Waals surface area contributed by atoms with Gasteiger partial charge in [0.2, 0.25) is 5.91 Å². The molecule has 0 saturated carbocycles. The van der Waals surface area contributed by atoms with Crippen molar-refractivity contribution in [3.63, 3.8) is 0 Å². The van der Waals surface area contributed by atoms with Crippen molar-refractivity contribution in [2.24, 2.45) is 0 Å². The van der Waals surface area contributed by atoms with E-state index in [9.17, 15) is 18.8 Å². The van der Waals surface area contributed by atoms with Gasteiger partial charge >= 0.3 is 6.55 Å². The fourth-order valence-corrected chi connectivity index (χ4v) is 5.08. The molecule has 9 nitrogen and oxygen atoms in total. The number of fused-ring (bicyclic) bond motifs is 1. The third kappa shape index (κ3) is 4.37. The molecule has 2 saturated heterocycles. The van der Waals surface area contributed by atoms with Gasteiger partial charge in [-0.05, 0) is 25.0 Å². The maximum Gasteiger partial charge on any atom is 0.333 e. The van der Waals surface area contributed by atoms with Crippen LogP contribution in [0, 0.1) is 11.3 Å². The minimum absolute atomic E-state index is 0.0171. The second kappa shape index (κ2) is 9.46. The summed E-state index contributed by atoms with van der Waals surface area (Å²) >= 11 is 0. The first-order valence-electron chi connectivity index (χ1n) is 11.6. The Bertz CT molecular complexity index is 1280. The van der Waals surface area contributed by atoms with Gasteiger partial charge in [0.25, 0.3) is 0 Å². The Hall–Kier alpha value is -3.78. The molecular formula is C24H26F2N8O. The van der Waals surface area contributed by atoms with Crippen molar-refractivity contribution < 1.29 is 13.6 Å². The van der Waals surface area contributed by atoms with Crippen LogP contribution in [0.2, 0.25) is 0 Å². The van der Waals surface area contributed by atoms with E-state index in [-0.39, 0.29) is 5.91 Å². The summed E-state index contributed by atoms with van der Waals surface area (Å²) in [6, 6.07) is 4.58. The van der Waals surface area contributed by atoms with Gasteiger partial charge in [0.1, 0.15) is 11.6 Å². The van der Waals surface area contributed by atoms with Crippen LogP contribution in [0.25, 0.3) is 16.6 Å². The van der Waals surface area contributed by atoms with Gasteiger partial charge in [0.05, 0.1) is 23.6 Å². The number of piperidine rings is 1. The van der Waals surface area contributed by atoms with Gasteiger partial charge < -0.3 is 9.80 Å². The minimum atomic E-state index is -2.71. The SMILES string of the molecule is C=CC(=O)N1CCN(C2CCN(c3cc(-c4cnn(C(F)F)c4)cn4ncc(C#N)c34)CC2)CC1. The van der Waals surface area contributed by atoms with Gasteiger partial charge in [-0.25, -0.2) is 9.20 Å². The van der Waals surface area contributed by atoms with Gasteiger partial charge in [-0.15, -0.1) is 0 Å². The van der Waals surface area contributed by atoms with Crippen molar-refractivity contribution in [2.45, 2.75) is 25.4 Å². The number of carbonyl (C=O) groups is 1. The molecule has 11 heteroatoms. The standard InChI is InChI=1S/C24H26F2N8O/c1-2-22(35)32-9-7-30(8-10-32)20-3-5-31(6-4-20)21-11-17(19-14-29-34(16-19)24(25)26)15-33-23(21)18(12-27)13-28-33/h2,11,13-16,20,24H,1,3-10H2. The number of nitrogens with zero attached hydrogens (tertiary/aromatic N) is 8. The van der Waals surface area contributed by atoms with E-state index >= 15 is 0 Å². The van der Waals surface area contributed by atoms with Gasteiger partial charge in [-0.3, -0.25) is 9.69 Å². The van der Waals surface area contributed by atoms with Crippen LogP contribution in [0.15, 0.2) is 43.5 Å². The molecule has 0 unspecified atom stereocenters. The molecule has 3 aromatic rings. The lowest BCUT2D eigenvalue weighted by atomic mass is 10.0. The molecule has 5 rings (SSSR count). The maximum atomic E-state index is 13.0. The average Bonchev–Trinajstić information content (AvgIpc) is 3.55. The fourth-order valence-electron chi connectivity index (χ4n) is 5.08. The lowest BCUT2D eigenvalue weighted by molar-refractivity contribution is -0.128. The summed E-state index contributed by atoms with van der Waals surface area (Å²) in [6.07, 6.45) is 9.26. The second-order valence-corrected chi connectivity index (χ2v) is 8.85. The predicted molar refractivity (Wildman–Crippen MR) is 126 cm³/mol. The first-order chi connectivity index (χ1) is 17.0. The van der Waals surface area contributed by atoms with Crippen molar-refractivity contribution >= 4 is 17.1 Å². The molecule has 1 amide bonds. The van der Waals surface area contributed by atoms with Gasteiger partial charge in [-0.2, -0.15) is 24.2 Å². The van der Waals surface area contributed by atoms with Crippen LogP contribution in [0.5, 0.6) is 0 Å². The molecule has 0 radical (unpaired) electrons. The van der Waals surface area contributed by atoms with Crippen LogP contribution >= 0.6 is 0 Å². The first-order valence-corrected chi connectivity index (χ1v) is 11.6. The number of alkyl halides is 2. The molecule has 0 aromatic carbocycles. The average molecular weight is 481 g/mol. The van der Waals surface area contributed by atoms with E-state index in [0.717, 1.165) is 44.7 Å². The summed E-state index contributed by atoms with van der Waals surface area (Å²) in [5.74, 6) is -0.0171. The van der Waals surface area contributed by atoms with E-state index < -0.39 is 6.55 Å². The number of amides is 1. The molecule has 182 valence electrons. The van der Waals surface area contributed by atoms with Crippen LogP contribution in [-0.4, -0.2) is 80.4 Å². The molecule has 5 heterocycles. The molecule has 35 heavy (non-hydrogen) atoms. The lowest BCUT2D eigenvalue weighted by Crippen LogP contribution is -2.54. The van der Waals surface area contributed by atoms with Gasteiger partial charge in [-0.1, -0.05) is 6.58 Å². The maximum absolute atomic E-state index is 13.0. The minimum Gasteiger partial charge on any atom is -0.370 e. The summed E-state index contributed by atoms with van der Waals surface area (Å²) in [4.78, 5) is 18.4. The highest BCUT2D eigenvalue weighted by atomic mass is 19.3. The van der Waals surface area contributed by atoms with Crippen molar-refractivity contribution in [3.8, 4) is 17.2 Å². The van der Waals surface area contributed by atoms with Crippen molar-refractivity contribution in [2.75, 3.05) is 44.2 Å². The fraction of sp³-hybridized carbons (Fsp3) is 0.417. The molecule has 0 bridgehead atoms. The number of aromatic nitrogens is 4. The highest BCUT2D eigenvalue weighted by Gasteiger charge is 2.29. The van der Waals surface area contributed by atoms with E-state index in [1.165, 1.54) is 24.7 Å². The van der Waals surface area contributed by atoms with Crippen molar-refractivity contribution in [3.05, 3.63) is 49.1 Å². The number of hydrogen-bond acceptors (Lipinski definition) is 6. The van der Waals surface area contributed by atoms with Crippen LogP contribution in [-0.2, 0) is 4.79 Å². The summed E-state index contributed by atoms with van der Waals surface area (Å²) in [7, 11) is 0. The zero-order valence-corrected chi connectivity index (χ0v) is 19.2. The highest BCUT2D eigenvalue weighted by molar-refractivity contribution is 5.87. The number of hydrogen-bond donors (Lipinski definition) is 0. The summed E-state index contributed by atoms with van der Waals surface area (Å²) in [5.41, 5.74) is 3.31. The lowest BCUT2D eigenvalue weighted by Gasteiger charge is -2.43. The summed E-state index contributed by atoms with van der Waals surface area (Å²) < 4.78 is 28.4. The quantitative estimate of drug-likeness (QED) is 0.522. The third-order valence-electron chi connectivity index (χ3n) is 6.97. The molecule has 2 aliphatic heterocycles. The number of carbonyl (C=O) groups excluding carboxylic acids is 1. The largest absolute Gasteiger partial charge is 0.370 e. The zero-order valence-electron chi connectivity index (χ0n) is 19.2. The molecule has 0 N–H and O–H groups in total. The Morgan fingerprint density at radius 3 is 2.46 bits per heavy atom. The smallest absolute Gasteiger partial charge is 0.333 e. The van der Waals surface area contributed by atoms with Crippen LogP contribution in [0.4, 0.5) is 14.5 Å². The zero-order chi connectivity index (χ0) is 24.5. The topological polar surface area (TPSA) is 85.7 Å². The Morgan fingerprint density at radius 2 is 1.83 bits per heavy atom. The summed E-state index contributed by atoms with van der Waals surface area (Å²) in [5, 5.41) is 17.7. The second-order valence-electron chi connectivity index (χ2n) is 8.85. The molecular weight excluding hydrogens is 454 g/mol. The van der Waals surface area contributed by atoms with E-state index in [2.05, 4.69) is 32.6 Å². The number of anilines is 1. The molecule has 3 aromatic heterocycles. The number of piperazine rings is 1. The van der Waals surface area contributed by atoms with E-state index in [1.807, 2.05) is 11.0 Å². The Morgan fingerprint density at radius 1 is 1.09 bits per heavy atom. The Kier molecular flexibility index (Phi) is 6.21. The Balaban J connectivity index is 1.36. The summed E-state index contributed by atoms with van der Waals surface area (Å²) in [6.45, 7) is 5.56. The third-order valence-corrected chi connectivity index (χ3v) is 6.97. The number of halogens is 2. The van der Waals surface area contributed by atoms with Crippen molar-refractivity contribution in [1.29, 1.82) is 5.26 Å². The van der Waals surface area contributed by atoms with E-state index in [1.54, 1.807) is 10.7 Å². The molecule has 2 fully saturated rings. The highest BCUT2D eigenvalue weighted by Crippen LogP contribution is 2.33. The van der Waals surface area contributed by atoms with E-state index in [4.69, 9.17) is 0 Å². The number of rotatable bonds is 5.